The summed E-state index contributed by atoms with van der Waals surface area (Å²) in [5, 5.41) is 14.7. The first-order valence-corrected chi connectivity index (χ1v) is 11.6. The fourth-order valence-electron chi connectivity index (χ4n) is 4.69. The molecule has 0 radical (unpaired) electrons. The van der Waals surface area contributed by atoms with Gasteiger partial charge in [0, 0.05) is 25.7 Å². The minimum absolute atomic E-state index is 0.285. The predicted molar refractivity (Wildman–Crippen MR) is 122 cm³/mol. The molecule has 5 heteroatoms. The second-order valence-electron chi connectivity index (χ2n) is 9.03. The Morgan fingerprint density at radius 2 is 1.68 bits per heavy atom. The Morgan fingerprint density at radius 1 is 1.00 bits per heavy atom. The number of amides is 1. The summed E-state index contributed by atoms with van der Waals surface area (Å²) in [7, 11) is 0. The highest BCUT2D eigenvalue weighted by atomic mass is 16.6. The molecule has 1 atom stereocenters. The van der Waals surface area contributed by atoms with Crippen LogP contribution in [0.4, 0.5) is 4.79 Å². The minimum atomic E-state index is -0.753. The van der Waals surface area contributed by atoms with Gasteiger partial charge in [0.15, 0.2) is 0 Å². The van der Waals surface area contributed by atoms with Gasteiger partial charge in [0.25, 0.3) is 0 Å². The molecule has 1 saturated heterocycles. The van der Waals surface area contributed by atoms with Gasteiger partial charge in [-0.1, -0.05) is 54.6 Å². The SMILES string of the molecule is O=C(OCc1ccccc1)N1CCC(O)(CNC2CCCc3ccccc3CC2)CC1. The van der Waals surface area contributed by atoms with E-state index in [0.29, 0.717) is 38.5 Å². The number of rotatable bonds is 5. The smallest absolute Gasteiger partial charge is 0.410 e. The third kappa shape index (κ3) is 6.08. The third-order valence-electron chi connectivity index (χ3n) is 6.76. The van der Waals surface area contributed by atoms with Crippen molar-refractivity contribution in [1.29, 1.82) is 0 Å². The standard InChI is InChI=1S/C26H34N2O3/c29-25(31-19-21-7-2-1-3-8-21)28-17-15-26(30,16-18-28)20-27-24-12-6-11-22-9-4-5-10-23(22)13-14-24/h1-5,7-10,24,27,30H,6,11-20H2. The van der Waals surface area contributed by atoms with Crippen LogP contribution in [0.1, 0.15) is 48.8 Å². The Kier molecular flexibility index (Phi) is 7.25. The Labute approximate surface area is 185 Å². The van der Waals surface area contributed by atoms with E-state index in [1.165, 1.54) is 17.5 Å². The molecule has 0 spiro atoms. The molecule has 5 nitrogen and oxygen atoms in total. The number of carbonyl (C=O) groups excluding carboxylic acids is 1. The number of hydrogen-bond acceptors (Lipinski definition) is 4. The number of nitrogens with zero attached hydrogens (tertiary/aromatic N) is 1. The zero-order chi connectivity index (χ0) is 21.5. The molecule has 2 aromatic rings. The van der Waals surface area contributed by atoms with E-state index in [1.807, 2.05) is 30.3 Å². The number of hydrogen-bond donors (Lipinski definition) is 2. The van der Waals surface area contributed by atoms with Crippen molar-refractivity contribution in [2.45, 2.75) is 63.2 Å². The molecule has 1 fully saturated rings. The lowest BCUT2D eigenvalue weighted by Gasteiger charge is -2.38. The van der Waals surface area contributed by atoms with Gasteiger partial charge >= 0.3 is 6.09 Å². The largest absolute Gasteiger partial charge is 0.445 e. The number of fused-ring (bicyclic) bond motifs is 1. The Bertz CT molecular complexity index is 847. The molecular formula is C26H34N2O3. The molecule has 166 valence electrons. The number of ether oxygens (including phenoxy) is 1. The number of aryl methyl sites for hydroxylation is 2. The van der Waals surface area contributed by atoms with Crippen molar-refractivity contribution < 1.29 is 14.6 Å². The summed E-state index contributed by atoms with van der Waals surface area (Å²) in [4.78, 5) is 14.1. The lowest BCUT2D eigenvalue weighted by molar-refractivity contribution is -0.0219. The molecule has 1 heterocycles. The predicted octanol–water partition coefficient (Wildman–Crippen LogP) is 4.08. The lowest BCUT2D eigenvalue weighted by atomic mass is 9.89. The second kappa shape index (κ2) is 10.3. The average Bonchev–Trinajstić information content (AvgIpc) is 2.79. The first kappa shape index (κ1) is 21.8. The van der Waals surface area contributed by atoms with E-state index in [2.05, 4.69) is 29.6 Å². The Morgan fingerprint density at radius 3 is 2.42 bits per heavy atom. The minimum Gasteiger partial charge on any atom is -0.445 e. The quantitative estimate of drug-likeness (QED) is 0.762. The van der Waals surface area contributed by atoms with Crippen molar-refractivity contribution in [2.24, 2.45) is 0 Å². The summed E-state index contributed by atoms with van der Waals surface area (Å²) in [6.45, 7) is 1.94. The van der Waals surface area contributed by atoms with Gasteiger partial charge in [0.05, 0.1) is 5.60 Å². The summed E-state index contributed by atoms with van der Waals surface area (Å²) < 4.78 is 5.44. The zero-order valence-electron chi connectivity index (χ0n) is 18.3. The van der Waals surface area contributed by atoms with Crippen LogP contribution >= 0.6 is 0 Å². The molecule has 2 N–H and O–H groups in total. The van der Waals surface area contributed by atoms with Crippen molar-refractivity contribution in [2.75, 3.05) is 19.6 Å². The van der Waals surface area contributed by atoms with E-state index < -0.39 is 5.60 Å². The highest BCUT2D eigenvalue weighted by molar-refractivity contribution is 5.67. The number of benzene rings is 2. The normalized spacial score (nSPS) is 20.9. The van der Waals surface area contributed by atoms with Gasteiger partial charge in [0.2, 0.25) is 0 Å². The maximum atomic E-state index is 12.4. The first-order valence-electron chi connectivity index (χ1n) is 11.6. The van der Waals surface area contributed by atoms with E-state index >= 15 is 0 Å². The fraction of sp³-hybridized carbons (Fsp3) is 0.500. The lowest BCUT2D eigenvalue weighted by Crippen LogP contribution is -2.52. The van der Waals surface area contributed by atoms with Crippen LogP contribution in [0.2, 0.25) is 0 Å². The molecule has 2 aromatic carbocycles. The van der Waals surface area contributed by atoms with Crippen molar-refractivity contribution in [1.82, 2.24) is 10.2 Å². The molecule has 2 aliphatic rings. The van der Waals surface area contributed by atoms with E-state index in [-0.39, 0.29) is 12.7 Å². The number of aliphatic hydroxyl groups is 1. The van der Waals surface area contributed by atoms with Crippen LogP contribution in [0, 0.1) is 0 Å². The topological polar surface area (TPSA) is 61.8 Å². The molecule has 0 saturated carbocycles. The van der Waals surface area contributed by atoms with Crippen molar-refractivity contribution in [3.63, 3.8) is 0 Å². The molecule has 31 heavy (non-hydrogen) atoms. The van der Waals surface area contributed by atoms with Gasteiger partial charge in [-0.3, -0.25) is 0 Å². The molecule has 1 unspecified atom stereocenters. The van der Waals surface area contributed by atoms with E-state index in [9.17, 15) is 9.90 Å². The summed E-state index contributed by atoms with van der Waals surface area (Å²) in [5.41, 5.74) is 3.19. The first-order chi connectivity index (χ1) is 15.1. The molecule has 1 aliphatic carbocycles. The monoisotopic (exact) mass is 422 g/mol. The van der Waals surface area contributed by atoms with Crippen LogP contribution in [0.3, 0.4) is 0 Å². The number of piperidine rings is 1. The van der Waals surface area contributed by atoms with E-state index in [1.54, 1.807) is 4.90 Å². The number of nitrogens with one attached hydrogen (secondary N) is 1. The summed E-state index contributed by atoms with van der Waals surface area (Å²) in [6, 6.07) is 18.9. The maximum absolute atomic E-state index is 12.4. The van der Waals surface area contributed by atoms with E-state index in [0.717, 1.165) is 31.2 Å². The highest BCUT2D eigenvalue weighted by Gasteiger charge is 2.34. The molecule has 4 rings (SSSR count). The summed E-state index contributed by atoms with van der Waals surface area (Å²) >= 11 is 0. The van der Waals surface area contributed by atoms with Crippen LogP contribution in [0.25, 0.3) is 0 Å². The molecular weight excluding hydrogens is 388 g/mol. The van der Waals surface area contributed by atoms with Gasteiger partial charge < -0.3 is 20.1 Å². The molecule has 1 aliphatic heterocycles. The molecule has 0 aromatic heterocycles. The average molecular weight is 423 g/mol. The van der Waals surface area contributed by atoms with Gasteiger partial charge in [-0.2, -0.15) is 0 Å². The van der Waals surface area contributed by atoms with Gasteiger partial charge in [-0.15, -0.1) is 0 Å². The third-order valence-corrected chi connectivity index (χ3v) is 6.76. The van der Waals surface area contributed by atoms with Gasteiger partial charge in [-0.05, 0) is 61.6 Å². The van der Waals surface area contributed by atoms with E-state index in [4.69, 9.17) is 4.74 Å². The summed E-state index contributed by atoms with van der Waals surface area (Å²) in [5.74, 6) is 0. The van der Waals surface area contributed by atoms with Crippen LogP contribution < -0.4 is 5.32 Å². The summed E-state index contributed by atoms with van der Waals surface area (Å²) in [6.07, 6.45) is 6.51. The van der Waals surface area contributed by atoms with Gasteiger partial charge in [-0.25, -0.2) is 4.79 Å². The van der Waals surface area contributed by atoms with Gasteiger partial charge in [0.1, 0.15) is 6.61 Å². The maximum Gasteiger partial charge on any atom is 0.410 e. The Balaban J connectivity index is 1.20. The molecule has 1 amide bonds. The fourth-order valence-corrected chi connectivity index (χ4v) is 4.69. The van der Waals surface area contributed by atoms with Crippen molar-refractivity contribution in [3.05, 3.63) is 71.3 Å². The zero-order valence-corrected chi connectivity index (χ0v) is 18.3. The van der Waals surface area contributed by atoms with Crippen molar-refractivity contribution in [3.8, 4) is 0 Å². The van der Waals surface area contributed by atoms with Crippen LogP contribution in [-0.4, -0.2) is 47.4 Å². The number of likely N-dealkylation sites (tertiary alicyclic amines) is 1. The van der Waals surface area contributed by atoms with Crippen LogP contribution in [0.15, 0.2) is 54.6 Å². The van der Waals surface area contributed by atoms with Crippen molar-refractivity contribution >= 4 is 6.09 Å². The van der Waals surface area contributed by atoms with Crippen LogP contribution in [-0.2, 0) is 24.2 Å². The highest BCUT2D eigenvalue weighted by Crippen LogP contribution is 2.24. The Hall–Kier alpha value is -2.37. The number of carbonyl (C=O) groups is 1. The second-order valence-corrected chi connectivity index (χ2v) is 9.03. The molecule has 0 bridgehead atoms. The van der Waals surface area contributed by atoms with Crippen LogP contribution in [0.5, 0.6) is 0 Å².